The summed E-state index contributed by atoms with van der Waals surface area (Å²) in [6, 6.07) is 6.49. The quantitative estimate of drug-likeness (QED) is 0.790. The van der Waals surface area contributed by atoms with Gasteiger partial charge in [0.05, 0.1) is 16.9 Å². The predicted molar refractivity (Wildman–Crippen MR) is 78.4 cm³/mol. The van der Waals surface area contributed by atoms with E-state index in [0.717, 1.165) is 4.90 Å². The van der Waals surface area contributed by atoms with E-state index in [1.54, 1.807) is 24.3 Å². The molecular weight excluding hydrogens is 292 g/mol. The van der Waals surface area contributed by atoms with Crippen LogP contribution in [0, 0.1) is 5.92 Å². The summed E-state index contributed by atoms with van der Waals surface area (Å²) in [5.74, 6) is -0.964. The highest BCUT2D eigenvalue weighted by Crippen LogP contribution is 2.22. The lowest BCUT2D eigenvalue weighted by atomic mass is 10.1. The molecule has 0 aliphatic carbocycles. The molecule has 1 N–H and O–H groups in total. The molecule has 6 nitrogen and oxygen atoms in total. The van der Waals surface area contributed by atoms with Crippen LogP contribution in [-0.4, -0.2) is 44.0 Å². The zero-order chi connectivity index (χ0) is 15.6. The average molecular weight is 310 g/mol. The summed E-state index contributed by atoms with van der Waals surface area (Å²) in [6.07, 6.45) is 0. The summed E-state index contributed by atoms with van der Waals surface area (Å²) in [4.78, 5) is 25.1. The van der Waals surface area contributed by atoms with Crippen molar-refractivity contribution in [2.45, 2.75) is 13.8 Å². The molecule has 0 saturated carbocycles. The predicted octanol–water partition coefficient (Wildman–Crippen LogP) is 0.858. The van der Waals surface area contributed by atoms with Crippen molar-refractivity contribution in [1.82, 2.24) is 9.62 Å². The van der Waals surface area contributed by atoms with Crippen LogP contribution in [0.2, 0.25) is 0 Å². The Kier molecular flexibility index (Phi) is 4.43. The molecule has 0 atom stereocenters. The third-order valence-corrected chi connectivity index (χ3v) is 4.50. The second-order valence-corrected chi connectivity index (χ2v) is 7.30. The van der Waals surface area contributed by atoms with Gasteiger partial charge in [-0.1, -0.05) is 26.0 Å². The standard InChI is InChI=1S/C14H18N2O4S/c1-10(2)9-15-21(19,20)8-7-16-13(17)11-5-3-4-6-12(11)14(16)18/h3-6,10,15H,7-9H2,1-2H3. The summed E-state index contributed by atoms with van der Waals surface area (Å²) < 4.78 is 26.1. The minimum absolute atomic E-state index is 0.139. The largest absolute Gasteiger partial charge is 0.273 e. The molecule has 2 rings (SSSR count). The Bertz CT molecular complexity index is 632. The average Bonchev–Trinajstić information content (AvgIpc) is 2.68. The molecule has 0 unspecified atom stereocenters. The zero-order valence-electron chi connectivity index (χ0n) is 12.0. The first kappa shape index (κ1) is 15.7. The fraction of sp³-hybridized carbons (Fsp3) is 0.429. The second kappa shape index (κ2) is 5.95. The van der Waals surface area contributed by atoms with Gasteiger partial charge >= 0.3 is 0 Å². The molecule has 0 aromatic heterocycles. The minimum Gasteiger partial charge on any atom is -0.273 e. The number of rotatable bonds is 6. The molecule has 21 heavy (non-hydrogen) atoms. The maximum Gasteiger partial charge on any atom is 0.261 e. The highest BCUT2D eigenvalue weighted by molar-refractivity contribution is 7.89. The summed E-state index contributed by atoms with van der Waals surface area (Å²) >= 11 is 0. The highest BCUT2D eigenvalue weighted by atomic mass is 32.2. The number of carbonyl (C=O) groups is 2. The molecule has 114 valence electrons. The van der Waals surface area contributed by atoms with E-state index in [0.29, 0.717) is 17.7 Å². The fourth-order valence-electron chi connectivity index (χ4n) is 2.02. The van der Waals surface area contributed by atoms with E-state index < -0.39 is 21.8 Å². The van der Waals surface area contributed by atoms with Crippen molar-refractivity contribution < 1.29 is 18.0 Å². The van der Waals surface area contributed by atoms with Crippen LogP contribution in [0.5, 0.6) is 0 Å². The van der Waals surface area contributed by atoms with Gasteiger partial charge in [0.1, 0.15) is 0 Å². The van der Waals surface area contributed by atoms with Crippen molar-refractivity contribution >= 4 is 21.8 Å². The normalized spacial score (nSPS) is 14.9. The van der Waals surface area contributed by atoms with Crippen molar-refractivity contribution in [2.24, 2.45) is 5.92 Å². The van der Waals surface area contributed by atoms with Gasteiger partial charge in [-0.2, -0.15) is 0 Å². The van der Waals surface area contributed by atoms with E-state index in [-0.39, 0.29) is 18.2 Å². The first-order valence-electron chi connectivity index (χ1n) is 6.74. The molecular formula is C14H18N2O4S. The maximum absolute atomic E-state index is 12.1. The first-order valence-corrected chi connectivity index (χ1v) is 8.39. The number of hydrogen-bond acceptors (Lipinski definition) is 4. The minimum atomic E-state index is -3.49. The molecule has 1 aromatic rings. The topological polar surface area (TPSA) is 83.6 Å². The molecule has 1 heterocycles. The van der Waals surface area contributed by atoms with Crippen molar-refractivity contribution in [2.75, 3.05) is 18.8 Å². The van der Waals surface area contributed by atoms with Gasteiger partial charge in [0.2, 0.25) is 10.0 Å². The molecule has 0 radical (unpaired) electrons. The second-order valence-electron chi connectivity index (χ2n) is 5.37. The number of nitrogens with one attached hydrogen (secondary N) is 1. The number of benzene rings is 1. The summed E-state index contributed by atoms with van der Waals surface area (Å²) in [6.45, 7) is 3.99. The van der Waals surface area contributed by atoms with Gasteiger partial charge in [0.15, 0.2) is 0 Å². The molecule has 0 spiro atoms. The number of fused-ring (bicyclic) bond motifs is 1. The Hall–Kier alpha value is -1.73. The number of hydrogen-bond donors (Lipinski definition) is 1. The van der Waals surface area contributed by atoms with Gasteiger partial charge in [0, 0.05) is 13.1 Å². The Morgan fingerprint density at radius 1 is 1.10 bits per heavy atom. The van der Waals surface area contributed by atoms with E-state index in [4.69, 9.17) is 0 Å². The van der Waals surface area contributed by atoms with E-state index in [9.17, 15) is 18.0 Å². The van der Waals surface area contributed by atoms with Crippen LogP contribution in [0.1, 0.15) is 34.6 Å². The van der Waals surface area contributed by atoms with E-state index in [1.807, 2.05) is 13.8 Å². The Morgan fingerprint density at radius 2 is 1.62 bits per heavy atom. The molecule has 7 heteroatoms. The van der Waals surface area contributed by atoms with Gasteiger partial charge in [-0.3, -0.25) is 14.5 Å². The van der Waals surface area contributed by atoms with Crippen molar-refractivity contribution in [3.63, 3.8) is 0 Å². The fourth-order valence-corrected chi connectivity index (χ4v) is 3.17. The van der Waals surface area contributed by atoms with Crippen molar-refractivity contribution in [1.29, 1.82) is 0 Å². The van der Waals surface area contributed by atoms with Crippen LogP contribution >= 0.6 is 0 Å². The van der Waals surface area contributed by atoms with E-state index in [1.165, 1.54) is 0 Å². The third-order valence-electron chi connectivity index (χ3n) is 3.17. The first-order chi connectivity index (χ1) is 9.82. The summed E-state index contributed by atoms with van der Waals surface area (Å²) in [5, 5.41) is 0. The van der Waals surface area contributed by atoms with E-state index in [2.05, 4.69) is 4.72 Å². The molecule has 0 saturated heterocycles. The number of nitrogens with zero attached hydrogens (tertiary/aromatic N) is 1. The molecule has 1 aliphatic rings. The maximum atomic E-state index is 12.1. The van der Waals surface area contributed by atoms with Crippen LogP contribution < -0.4 is 4.72 Å². The lowest BCUT2D eigenvalue weighted by Crippen LogP contribution is -2.38. The van der Waals surface area contributed by atoms with Crippen LogP contribution in [0.25, 0.3) is 0 Å². The van der Waals surface area contributed by atoms with Gasteiger partial charge in [-0.05, 0) is 18.1 Å². The molecule has 0 bridgehead atoms. The van der Waals surface area contributed by atoms with Gasteiger partial charge in [0.25, 0.3) is 11.8 Å². The smallest absolute Gasteiger partial charge is 0.261 e. The SMILES string of the molecule is CC(C)CNS(=O)(=O)CCN1C(=O)c2ccccc2C1=O. The van der Waals surface area contributed by atoms with Crippen molar-refractivity contribution in [3.05, 3.63) is 35.4 Å². The van der Waals surface area contributed by atoms with Crippen LogP contribution in [-0.2, 0) is 10.0 Å². The number of carbonyl (C=O) groups excluding carboxylic acids is 2. The Labute approximate surface area is 124 Å². The van der Waals surface area contributed by atoms with Crippen LogP contribution in [0.15, 0.2) is 24.3 Å². The van der Waals surface area contributed by atoms with Gasteiger partial charge in [-0.25, -0.2) is 13.1 Å². The van der Waals surface area contributed by atoms with Gasteiger partial charge < -0.3 is 0 Å². The molecule has 2 amide bonds. The zero-order valence-corrected chi connectivity index (χ0v) is 12.8. The lowest BCUT2D eigenvalue weighted by Gasteiger charge is -2.14. The van der Waals surface area contributed by atoms with Gasteiger partial charge in [-0.15, -0.1) is 0 Å². The monoisotopic (exact) mass is 310 g/mol. The Balaban J connectivity index is 2.03. The molecule has 1 aromatic carbocycles. The van der Waals surface area contributed by atoms with E-state index >= 15 is 0 Å². The lowest BCUT2D eigenvalue weighted by molar-refractivity contribution is 0.0664. The molecule has 1 aliphatic heterocycles. The third kappa shape index (κ3) is 3.48. The molecule has 0 fully saturated rings. The van der Waals surface area contributed by atoms with Crippen molar-refractivity contribution in [3.8, 4) is 0 Å². The summed E-state index contributed by atoms with van der Waals surface area (Å²) in [5.41, 5.74) is 0.657. The number of sulfonamides is 1. The number of imide groups is 1. The van der Waals surface area contributed by atoms with Crippen LogP contribution in [0.4, 0.5) is 0 Å². The highest BCUT2D eigenvalue weighted by Gasteiger charge is 2.35. The summed E-state index contributed by atoms with van der Waals surface area (Å²) in [7, 11) is -3.49. The van der Waals surface area contributed by atoms with Crippen LogP contribution in [0.3, 0.4) is 0 Å². The number of amides is 2. The Morgan fingerprint density at radius 3 is 2.10 bits per heavy atom.